The van der Waals surface area contributed by atoms with E-state index >= 15 is 0 Å². The van der Waals surface area contributed by atoms with Gasteiger partial charge in [-0.1, -0.05) is 23.9 Å². The summed E-state index contributed by atoms with van der Waals surface area (Å²) in [5, 5.41) is 7.46. The topological polar surface area (TPSA) is 111 Å². The number of carbonyl (C=O) groups excluding carboxylic acids is 2. The molecule has 1 fully saturated rings. The van der Waals surface area contributed by atoms with E-state index < -0.39 is 12.4 Å². The van der Waals surface area contributed by atoms with Crippen molar-refractivity contribution in [1.29, 1.82) is 0 Å². The fourth-order valence-electron chi connectivity index (χ4n) is 4.49. The maximum absolute atomic E-state index is 13.0. The summed E-state index contributed by atoms with van der Waals surface area (Å²) in [5.41, 5.74) is 4.74. The van der Waals surface area contributed by atoms with Gasteiger partial charge in [0.05, 0.1) is 23.2 Å². The van der Waals surface area contributed by atoms with Crippen molar-refractivity contribution in [2.75, 3.05) is 23.1 Å². The lowest BCUT2D eigenvalue weighted by atomic mass is 10.0. The summed E-state index contributed by atoms with van der Waals surface area (Å²) in [6, 6.07) is 15.5. The van der Waals surface area contributed by atoms with Gasteiger partial charge in [0.1, 0.15) is 12.1 Å². The molecule has 1 N–H and O–H groups in total. The van der Waals surface area contributed by atoms with E-state index in [1.807, 2.05) is 32.0 Å². The van der Waals surface area contributed by atoms with Gasteiger partial charge < -0.3 is 14.8 Å². The number of amides is 3. The largest absolute Gasteiger partial charge is 0.573 e. The minimum Gasteiger partial charge on any atom is -0.406 e. The Morgan fingerprint density at radius 2 is 1.84 bits per heavy atom. The van der Waals surface area contributed by atoms with E-state index in [0.29, 0.717) is 34.0 Å². The average molecular weight is 625 g/mol. The smallest absolute Gasteiger partial charge is 0.406 e. The van der Waals surface area contributed by atoms with Gasteiger partial charge in [-0.25, -0.2) is 14.5 Å². The standard InChI is InChI=1S/C30H27F3N6O4S/c1-17-5-11-23(19(3)42-4)25(13-17)39-26(40)15-44-29(39)36-28(41)35-24-12-8-21(14-18(24)2)38-16-34-27(37-38)20-6-9-22(10-7-20)43-30(31,32)33/h5-14,16,19H,15H2,1-4H3,(H,35,41). The number of thioether (sulfide) groups is 1. The van der Waals surface area contributed by atoms with E-state index in [9.17, 15) is 22.8 Å². The van der Waals surface area contributed by atoms with Crippen molar-refractivity contribution in [2.24, 2.45) is 4.99 Å². The van der Waals surface area contributed by atoms with Crippen LogP contribution in [0.4, 0.5) is 29.3 Å². The number of nitrogens with zero attached hydrogens (tertiary/aromatic N) is 5. The maximum Gasteiger partial charge on any atom is 0.573 e. The van der Waals surface area contributed by atoms with Gasteiger partial charge in [0, 0.05) is 23.9 Å². The van der Waals surface area contributed by atoms with E-state index in [-0.39, 0.29) is 28.7 Å². The molecule has 4 aromatic rings. The van der Waals surface area contributed by atoms with Gasteiger partial charge in [0.2, 0.25) is 5.91 Å². The number of aromatic nitrogens is 3. The zero-order valence-electron chi connectivity index (χ0n) is 24.0. The zero-order valence-corrected chi connectivity index (χ0v) is 24.9. The van der Waals surface area contributed by atoms with E-state index in [0.717, 1.165) is 11.1 Å². The minimum absolute atomic E-state index is 0.153. The van der Waals surface area contributed by atoms with Gasteiger partial charge in [-0.3, -0.25) is 9.69 Å². The van der Waals surface area contributed by atoms with Crippen LogP contribution >= 0.6 is 11.8 Å². The molecule has 0 aliphatic carbocycles. The fourth-order valence-corrected chi connectivity index (χ4v) is 5.34. The molecule has 44 heavy (non-hydrogen) atoms. The molecule has 2 heterocycles. The summed E-state index contributed by atoms with van der Waals surface area (Å²) in [5.74, 6) is -0.0697. The van der Waals surface area contributed by atoms with Gasteiger partial charge in [0.15, 0.2) is 11.0 Å². The van der Waals surface area contributed by atoms with Crippen molar-refractivity contribution in [3.05, 3.63) is 83.7 Å². The molecule has 14 heteroatoms. The molecule has 3 amide bonds. The normalized spacial score (nSPS) is 15.1. The monoisotopic (exact) mass is 624 g/mol. The lowest BCUT2D eigenvalue weighted by molar-refractivity contribution is -0.274. The molecule has 1 aliphatic heterocycles. The Morgan fingerprint density at radius 3 is 2.52 bits per heavy atom. The van der Waals surface area contributed by atoms with Crippen LogP contribution in [0.1, 0.15) is 29.7 Å². The van der Waals surface area contributed by atoms with Gasteiger partial charge >= 0.3 is 12.4 Å². The predicted molar refractivity (Wildman–Crippen MR) is 161 cm³/mol. The number of alkyl halides is 3. The lowest BCUT2D eigenvalue weighted by Crippen LogP contribution is -2.31. The number of rotatable bonds is 7. The van der Waals surface area contributed by atoms with Crippen LogP contribution in [0, 0.1) is 13.8 Å². The van der Waals surface area contributed by atoms with Crippen LogP contribution in [0.15, 0.2) is 72.0 Å². The molecule has 10 nitrogen and oxygen atoms in total. The highest BCUT2D eigenvalue weighted by Gasteiger charge is 2.33. The minimum atomic E-state index is -4.78. The second-order valence-corrected chi connectivity index (χ2v) is 10.8. The number of halogens is 3. The molecule has 1 saturated heterocycles. The van der Waals surface area contributed by atoms with Crippen LogP contribution < -0.4 is 15.0 Å². The number of benzene rings is 3. The van der Waals surface area contributed by atoms with E-state index in [2.05, 4.69) is 25.1 Å². The molecule has 0 spiro atoms. The zero-order chi connectivity index (χ0) is 31.6. The first-order chi connectivity index (χ1) is 20.9. The fraction of sp³-hybridized carbons (Fsp3) is 0.233. The van der Waals surface area contributed by atoms with Crippen molar-refractivity contribution < 1.29 is 32.2 Å². The molecular formula is C30H27F3N6O4S. The molecular weight excluding hydrogens is 597 g/mol. The molecule has 1 aromatic heterocycles. The number of hydrogen-bond acceptors (Lipinski definition) is 7. The second-order valence-electron chi connectivity index (χ2n) is 9.87. The van der Waals surface area contributed by atoms with Crippen molar-refractivity contribution in [3.8, 4) is 22.8 Å². The van der Waals surface area contributed by atoms with Crippen LogP contribution in [-0.4, -0.2) is 51.1 Å². The number of urea groups is 1. The number of ether oxygens (including phenoxy) is 2. The Kier molecular flexibility index (Phi) is 8.74. The quantitative estimate of drug-likeness (QED) is 0.240. The number of aryl methyl sites for hydroxylation is 2. The number of nitrogens with one attached hydrogen (secondary N) is 1. The first-order valence-electron chi connectivity index (χ1n) is 13.3. The maximum atomic E-state index is 13.0. The third-order valence-corrected chi connectivity index (χ3v) is 7.66. The van der Waals surface area contributed by atoms with Crippen molar-refractivity contribution in [1.82, 2.24) is 14.8 Å². The molecule has 0 saturated carbocycles. The number of methoxy groups -OCH3 is 1. The number of anilines is 2. The first kappa shape index (κ1) is 30.8. The molecule has 0 bridgehead atoms. The highest BCUT2D eigenvalue weighted by atomic mass is 32.2. The van der Waals surface area contributed by atoms with Gasteiger partial charge in [-0.15, -0.1) is 18.3 Å². The van der Waals surface area contributed by atoms with Gasteiger partial charge in [0.25, 0.3) is 0 Å². The van der Waals surface area contributed by atoms with E-state index in [4.69, 9.17) is 4.74 Å². The summed E-state index contributed by atoms with van der Waals surface area (Å²) in [6.07, 6.45) is -3.58. The van der Waals surface area contributed by atoms with Crippen molar-refractivity contribution >= 4 is 40.2 Å². The van der Waals surface area contributed by atoms with Crippen LogP contribution in [0.5, 0.6) is 5.75 Å². The van der Waals surface area contributed by atoms with E-state index in [1.165, 1.54) is 51.9 Å². The average Bonchev–Trinajstić information content (AvgIpc) is 3.60. The Labute approximate surface area is 254 Å². The molecule has 1 atom stereocenters. The summed E-state index contributed by atoms with van der Waals surface area (Å²) in [6.45, 7) is 5.60. The van der Waals surface area contributed by atoms with E-state index in [1.54, 1.807) is 32.2 Å². The third-order valence-electron chi connectivity index (χ3n) is 6.74. The van der Waals surface area contributed by atoms with Gasteiger partial charge in [-0.2, -0.15) is 4.99 Å². The number of amidine groups is 1. The Balaban J connectivity index is 1.31. The Hall–Kier alpha value is -4.69. The number of carbonyl (C=O) groups is 2. The second kappa shape index (κ2) is 12.5. The summed E-state index contributed by atoms with van der Waals surface area (Å²) < 4.78 is 48.2. The third kappa shape index (κ3) is 6.92. The van der Waals surface area contributed by atoms with Crippen molar-refractivity contribution in [2.45, 2.75) is 33.2 Å². The molecule has 5 rings (SSSR count). The highest BCUT2D eigenvalue weighted by Crippen LogP contribution is 2.35. The summed E-state index contributed by atoms with van der Waals surface area (Å²) in [7, 11) is 1.59. The van der Waals surface area contributed by atoms with Crippen LogP contribution in [0.3, 0.4) is 0 Å². The highest BCUT2D eigenvalue weighted by molar-refractivity contribution is 8.15. The van der Waals surface area contributed by atoms with Crippen LogP contribution in [0.25, 0.3) is 17.1 Å². The predicted octanol–water partition coefficient (Wildman–Crippen LogP) is 6.83. The summed E-state index contributed by atoms with van der Waals surface area (Å²) in [4.78, 5) is 35.8. The molecule has 1 unspecified atom stereocenters. The van der Waals surface area contributed by atoms with Gasteiger partial charge in [-0.05, 0) is 80.4 Å². The summed E-state index contributed by atoms with van der Waals surface area (Å²) >= 11 is 1.18. The Bertz CT molecular complexity index is 1740. The number of aliphatic imine (C=N–C) groups is 1. The molecule has 3 aromatic carbocycles. The first-order valence-corrected chi connectivity index (χ1v) is 14.3. The Morgan fingerprint density at radius 1 is 1.09 bits per heavy atom. The SMILES string of the molecule is COC(C)c1ccc(C)cc1N1C(=O)CSC1=NC(=O)Nc1ccc(-n2cnc(-c3ccc(OC(F)(F)F)cc3)n2)cc1C. The lowest BCUT2D eigenvalue weighted by Gasteiger charge is -2.23. The van der Waals surface area contributed by atoms with Crippen LogP contribution in [0.2, 0.25) is 0 Å². The number of hydrogen-bond donors (Lipinski definition) is 1. The van der Waals surface area contributed by atoms with Crippen molar-refractivity contribution in [3.63, 3.8) is 0 Å². The van der Waals surface area contributed by atoms with Crippen LogP contribution in [-0.2, 0) is 9.53 Å². The molecule has 0 radical (unpaired) electrons. The molecule has 1 aliphatic rings. The molecule has 228 valence electrons.